The van der Waals surface area contributed by atoms with Gasteiger partial charge in [0.1, 0.15) is 0 Å². The fraction of sp³-hybridized carbons (Fsp3) is 0.286. The molecule has 0 amide bonds. The van der Waals surface area contributed by atoms with Crippen LogP contribution in [-0.4, -0.2) is 36.7 Å². The van der Waals surface area contributed by atoms with Crippen LogP contribution >= 0.6 is 22.9 Å². The summed E-state index contributed by atoms with van der Waals surface area (Å²) < 4.78 is 25.9. The van der Waals surface area contributed by atoms with Crippen molar-refractivity contribution in [2.45, 2.75) is 29.4 Å². The van der Waals surface area contributed by atoms with Crippen molar-refractivity contribution in [3.8, 4) is 0 Å². The van der Waals surface area contributed by atoms with Gasteiger partial charge in [0.15, 0.2) is 15.0 Å². The Morgan fingerprint density at radius 1 is 1.16 bits per heavy atom. The first-order valence-corrected chi connectivity index (χ1v) is 12.6. The summed E-state index contributed by atoms with van der Waals surface area (Å²) in [6.07, 6.45) is 1.62. The summed E-state index contributed by atoms with van der Waals surface area (Å²) in [5.41, 5.74) is 1.88. The van der Waals surface area contributed by atoms with Crippen LogP contribution in [-0.2, 0) is 16.3 Å². The topological polar surface area (TPSA) is 93.4 Å². The molecule has 0 bridgehead atoms. The van der Waals surface area contributed by atoms with Crippen LogP contribution in [0.4, 0.5) is 10.8 Å². The lowest BCUT2D eigenvalue weighted by Gasteiger charge is -2.31. The second kappa shape index (κ2) is 8.94. The molecule has 0 unspecified atom stereocenters. The lowest BCUT2D eigenvalue weighted by atomic mass is 10.1. The molecule has 1 fully saturated rings. The normalized spacial score (nSPS) is 15.2. The number of rotatable bonds is 6. The van der Waals surface area contributed by atoms with E-state index in [1.54, 1.807) is 11.3 Å². The van der Waals surface area contributed by atoms with Crippen molar-refractivity contribution >= 4 is 43.6 Å². The Morgan fingerprint density at radius 3 is 2.55 bits per heavy atom. The molecule has 1 saturated heterocycles. The first-order valence-electron chi connectivity index (χ1n) is 9.75. The maximum atomic E-state index is 13.0. The van der Waals surface area contributed by atoms with Gasteiger partial charge in [0, 0.05) is 42.0 Å². The summed E-state index contributed by atoms with van der Waals surface area (Å²) in [5, 5.41) is 14.0. The molecule has 4 rings (SSSR count). The molecule has 0 atom stereocenters. The van der Waals surface area contributed by atoms with E-state index in [4.69, 9.17) is 16.6 Å². The molecule has 2 heterocycles. The van der Waals surface area contributed by atoms with Crippen molar-refractivity contribution in [1.82, 2.24) is 4.98 Å². The van der Waals surface area contributed by atoms with Crippen molar-refractivity contribution in [3.63, 3.8) is 0 Å². The third-order valence-corrected chi connectivity index (χ3v) is 8.81. The number of anilines is 1. The zero-order valence-electron chi connectivity index (χ0n) is 16.5. The molecule has 3 aromatic rings. The van der Waals surface area contributed by atoms with Crippen LogP contribution in [0.5, 0.6) is 0 Å². The van der Waals surface area contributed by atoms with Gasteiger partial charge in [0.2, 0.25) is 0 Å². The van der Waals surface area contributed by atoms with Crippen LogP contribution < -0.4 is 4.90 Å². The van der Waals surface area contributed by atoms with E-state index in [9.17, 15) is 18.5 Å². The van der Waals surface area contributed by atoms with Gasteiger partial charge in [-0.2, -0.15) is 0 Å². The maximum Gasteiger partial charge on any atom is 0.270 e. The van der Waals surface area contributed by atoms with E-state index < -0.39 is 20.0 Å². The highest BCUT2D eigenvalue weighted by atomic mass is 35.5. The molecule has 1 aromatic heterocycles. The molecule has 1 aliphatic rings. The number of nitro groups is 1. The van der Waals surface area contributed by atoms with Crippen LogP contribution in [0.25, 0.3) is 0 Å². The number of halogens is 1. The predicted octanol–water partition coefficient (Wildman–Crippen LogP) is 4.74. The molecule has 0 spiro atoms. The fourth-order valence-corrected chi connectivity index (χ4v) is 6.43. The molecule has 1 aliphatic heterocycles. The van der Waals surface area contributed by atoms with E-state index in [0.29, 0.717) is 37.4 Å². The van der Waals surface area contributed by atoms with Gasteiger partial charge in [-0.1, -0.05) is 29.8 Å². The van der Waals surface area contributed by atoms with Gasteiger partial charge in [0.25, 0.3) is 5.69 Å². The predicted molar refractivity (Wildman–Crippen MR) is 122 cm³/mol. The first-order chi connectivity index (χ1) is 14.8. The number of non-ortho nitro benzene ring substituents is 1. The Kier molecular flexibility index (Phi) is 6.27. The third-order valence-electron chi connectivity index (χ3n) is 5.35. The summed E-state index contributed by atoms with van der Waals surface area (Å²) in [6, 6.07) is 13.0. The van der Waals surface area contributed by atoms with Crippen LogP contribution in [0.2, 0.25) is 5.02 Å². The van der Waals surface area contributed by atoms with Crippen molar-refractivity contribution in [2.24, 2.45) is 0 Å². The number of hydrogen-bond acceptors (Lipinski definition) is 7. The number of benzene rings is 2. The number of nitro benzene ring substituents is 1. The van der Waals surface area contributed by atoms with Gasteiger partial charge in [-0.05, 0) is 36.6 Å². The van der Waals surface area contributed by atoms with Gasteiger partial charge >= 0.3 is 0 Å². The highest BCUT2D eigenvalue weighted by molar-refractivity contribution is 7.92. The van der Waals surface area contributed by atoms with Gasteiger partial charge < -0.3 is 4.90 Å². The van der Waals surface area contributed by atoms with E-state index in [2.05, 4.69) is 4.90 Å². The highest BCUT2D eigenvalue weighted by Crippen LogP contribution is 2.30. The largest absolute Gasteiger partial charge is 0.348 e. The van der Waals surface area contributed by atoms with Gasteiger partial charge in [-0.15, -0.1) is 11.3 Å². The quantitative estimate of drug-likeness (QED) is 0.376. The highest BCUT2D eigenvalue weighted by Gasteiger charge is 2.32. The van der Waals surface area contributed by atoms with Crippen molar-refractivity contribution in [1.29, 1.82) is 0 Å². The third kappa shape index (κ3) is 4.89. The average molecular weight is 478 g/mol. The van der Waals surface area contributed by atoms with Crippen LogP contribution in [0, 0.1) is 10.1 Å². The second-order valence-electron chi connectivity index (χ2n) is 7.41. The summed E-state index contributed by atoms with van der Waals surface area (Å²) >= 11 is 7.48. The van der Waals surface area contributed by atoms with E-state index in [0.717, 1.165) is 22.5 Å². The second-order valence-corrected chi connectivity index (χ2v) is 10.9. The Labute approximate surface area is 189 Å². The van der Waals surface area contributed by atoms with E-state index >= 15 is 0 Å². The number of aromatic nitrogens is 1. The maximum absolute atomic E-state index is 13.0. The molecule has 0 aliphatic carbocycles. The van der Waals surface area contributed by atoms with Gasteiger partial charge in [0.05, 0.1) is 20.8 Å². The Hall–Kier alpha value is -2.49. The molecule has 10 heteroatoms. The SMILES string of the molecule is O=[N+]([O-])c1cccc(S(=O)(=O)C2CCN(c3nc(Cc4ccc(Cl)cc4)cs3)CC2)c1. The van der Waals surface area contributed by atoms with Crippen molar-refractivity contribution < 1.29 is 13.3 Å². The van der Waals surface area contributed by atoms with Gasteiger partial charge in [-0.25, -0.2) is 13.4 Å². The van der Waals surface area contributed by atoms with Crippen LogP contribution in [0.3, 0.4) is 0 Å². The number of hydrogen-bond donors (Lipinski definition) is 0. The molecule has 0 radical (unpaired) electrons. The minimum Gasteiger partial charge on any atom is -0.348 e. The Balaban J connectivity index is 1.40. The summed E-state index contributed by atoms with van der Waals surface area (Å²) in [6.45, 7) is 1.15. The number of piperidine rings is 1. The fourth-order valence-electron chi connectivity index (χ4n) is 3.66. The minimum absolute atomic E-state index is 0.0136. The zero-order valence-corrected chi connectivity index (χ0v) is 18.9. The monoisotopic (exact) mass is 477 g/mol. The number of sulfone groups is 1. The standard InChI is InChI=1S/C21H20ClN3O4S2/c22-16-6-4-15(5-7-16)12-17-14-30-21(23-17)24-10-8-19(9-11-24)31(28,29)20-3-1-2-18(13-20)25(26)27/h1-7,13-14,19H,8-12H2. The Bertz CT molecular complexity index is 1190. The summed E-state index contributed by atoms with van der Waals surface area (Å²) in [7, 11) is -3.62. The minimum atomic E-state index is -3.62. The van der Waals surface area contributed by atoms with Crippen LogP contribution in [0.15, 0.2) is 58.8 Å². The molecule has 2 aromatic carbocycles. The number of nitrogens with zero attached hydrogens (tertiary/aromatic N) is 3. The Morgan fingerprint density at radius 2 is 1.87 bits per heavy atom. The van der Waals surface area contributed by atoms with E-state index in [-0.39, 0.29) is 10.6 Å². The van der Waals surface area contributed by atoms with E-state index in [1.165, 1.54) is 18.2 Å². The first kappa shape index (κ1) is 21.7. The molecular formula is C21H20ClN3O4S2. The molecule has 162 valence electrons. The van der Waals surface area contributed by atoms with Crippen molar-refractivity contribution in [2.75, 3.05) is 18.0 Å². The van der Waals surface area contributed by atoms with Gasteiger partial charge in [-0.3, -0.25) is 10.1 Å². The molecule has 31 heavy (non-hydrogen) atoms. The molecule has 7 nitrogen and oxygen atoms in total. The lowest BCUT2D eigenvalue weighted by Crippen LogP contribution is -2.39. The molecular weight excluding hydrogens is 458 g/mol. The average Bonchev–Trinajstić information content (AvgIpc) is 3.24. The summed E-state index contributed by atoms with van der Waals surface area (Å²) in [4.78, 5) is 17.2. The zero-order chi connectivity index (χ0) is 22.0. The van der Waals surface area contributed by atoms with E-state index in [1.807, 2.05) is 29.6 Å². The summed E-state index contributed by atoms with van der Waals surface area (Å²) in [5.74, 6) is 0. The number of thiazole rings is 1. The molecule has 0 saturated carbocycles. The van der Waals surface area contributed by atoms with Crippen molar-refractivity contribution in [3.05, 3.63) is 80.3 Å². The smallest absolute Gasteiger partial charge is 0.270 e. The molecule has 0 N–H and O–H groups in total. The van der Waals surface area contributed by atoms with Crippen LogP contribution in [0.1, 0.15) is 24.1 Å². The lowest BCUT2D eigenvalue weighted by molar-refractivity contribution is -0.385.